The molecule has 0 unspecified atom stereocenters. The number of anilines is 1. The molecule has 2 N–H and O–H groups in total. The fourth-order valence-electron chi connectivity index (χ4n) is 2.83. The van der Waals surface area contributed by atoms with Crippen LogP contribution in [0.5, 0.6) is 0 Å². The van der Waals surface area contributed by atoms with Gasteiger partial charge in [-0.1, -0.05) is 18.2 Å². The Kier molecular flexibility index (Phi) is 2.96. The number of hydrogen-bond acceptors (Lipinski definition) is 4. The fourth-order valence-corrected chi connectivity index (χ4v) is 2.83. The SMILES string of the molecule is O=C(Nc1ncn[nH]1)c1nn(-c2ccccc2)c2c1CCC2. The molecule has 1 amide bonds. The van der Waals surface area contributed by atoms with Crippen molar-refractivity contribution in [2.45, 2.75) is 19.3 Å². The van der Waals surface area contributed by atoms with E-state index in [-0.39, 0.29) is 5.91 Å². The molecule has 0 bridgehead atoms. The Morgan fingerprint density at radius 2 is 2.09 bits per heavy atom. The lowest BCUT2D eigenvalue weighted by Crippen LogP contribution is -2.15. The first-order valence-corrected chi connectivity index (χ1v) is 7.16. The van der Waals surface area contributed by atoms with Gasteiger partial charge >= 0.3 is 0 Å². The van der Waals surface area contributed by atoms with Crippen molar-refractivity contribution >= 4 is 11.9 Å². The molecule has 1 aliphatic rings. The second-order valence-electron chi connectivity index (χ2n) is 5.16. The van der Waals surface area contributed by atoms with Gasteiger partial charge in [-0.05, 0) is 31.4 Å². The molecule has 4 rings (SSSR count). The third-order valence-electron chi connectivity index (χ3n) is 3.79. The van der Waals surface area contributed by atoms with Crippen LogP contribution >= 0.6 is 0 Å². The summed E-state index contributed by atoms with van der Waals surface area (Å²) in [6, 6.07) is 9.87. The van der Waals surface area contributed by atoms with E-state index in [4.69, 9.17) is 0 Å². The van der Waals surface area contributed by atoms with Crippen LogP contribution in [-0.4, -0.2) is 30.9 Å². The molecule has 0 saturated carbocycles. The highest BCUT2D eigenvalue weighted by Crippen LogP contribution is 2.28. The summed E-state index contributed by atoms with van der Waals surface area (Å²) in [5, 5.41) is 13.5. The summed E-state index contributed by atoms with van der Waals surface area (Å²) in [5.41, 5.74) is 3.59. The van der Waals surface area contributed by atoms with Crippen LogP contribution in [0.4, 0.5) is 5.95 Å². The number of aromatic nitrogens is 5. The highest BCUT2D eigenvalue weighted by molar-refractivity contribution is 6.03. The number of benzene rings is 1. The Bertz CT molecular complexity index is 806. The van der Waals surface area contributed by atoms with Crippen molar-refractivity contribution in [2.24, 2.45) is 0 Å². The molecule has 1 aromatic carbocycles. The summed E-state index contributed by atoms with van der Waals surface area (Å²) in [4.78, 5) is 16.3. The van der Waals surface area contributed by atoms with Gasteiger partial charge in [0.2, 0.25) is 5.95 Å². The lowest BCUT2D eigenvalue weighted by Gasteiger charge is -2.04. The molecule has 0 saturated heterocycles. The molecule has 7 nitrogen and oxygen atoms in total. The molecular formula is C15H14N6O. The minimum Gasteiger partial charge on any atom is -0.289 e. The van der Waals surface area contributed by atoms with Gasteiger partial charge in [0, 0.05) is 11.3 Å². The normalized spacial score (nSPS) is 13.1. The van der Waals surface area contributed by atoms with Crippen LogP contribution in [0.3, 0.4) is 0 Å². The number of nitrogens with zero attached hydrogens (tertiary/aromatic N) is 4. The highest BCUT2D eigenvalue weighted by Gasteiger charge is 2.27. The van der Waals surface area contributed by atoms with Crippen molar-refractivity contribution < 1.29 is 4.79 Å². The molecule has 2 aromatic heterocycles. The molecule has 3 aromatic rings. The van der Waals surface area contributed by atoms with E-state index in [0.29, 0.717) is 11.6 Å². The van der Waals surface area contributed by atoms with Crippen LogP contribution in [-0.2, 0) is 12.8 Å². The van der Waals surface area contributed by atoms with Gasteiger partial charge < -0.3 is 0 Å². The summed E-state index contributed by atoms with van der Waals surface area (Å²) in [5.74, 6) is 0.0654. The van der Waals surface area contributed by atoms with Gasteiger partial charge in [-0.25, -0.2) is 9.78 Å². The predicted molar refractivity (Wildman–Crippen MR) is 79.9 cm³/mol. The molecule has 0 spiro atoms. The Labute approximate surface area is 126 Å². The maximum Gasteiger partial charge on any atom is 0.278 e. The zero-order chi connectivity index (χ0) is 14.9. The molecular weight excluding hydrogens is 280 g/mol. The molecule has 2 heterocycles. The Morgan fingerprint density at radius 3 is 2.86 bits per heavy atom. The quantitative estimate of drug-likeness (QED) is 0.770. The Balaban J connectivity index is 1.73. The van der Waals surface area contributed by atoms with Crippen LogP contribution in [0.25, 0.3) is 5.69 Å². The molecule has 22 heavy (non-hydrogen) atoms. The highest BCUT2D eigenvalue weighted by atomic mass is 16.2. The number of amides is 1. The molecule has 0 radical (unpaired) electrons. The summed E-state index contributed by atoms with van der Waals surface area (Å²) in [6.45, 7) is 0. The summed E-state index contributed by atoms with van der Waals surface area (Å²) >= 11 is 0. The van der Waals surface area contributed by atoms with Gasteiger partial charge in [0.05, 0.1) is 5.69 Å². The standard InChI is InChI=1S/C15H14N6O/c22-14(18-15-16-9-17-19-15)13-11-7-4-8-12(11)21(20-13)10-5-2-1-3-6-10/h1-3,5-6,9H,4,7-8H2,(H2,16,17,18,19,22). The molecule has 0 fully saturated rings. The molecule has 110 valence electrons. The molecule has 0 aliphatic heterocycles. The van der Waals surface area contributed by atoms with Crippen LogP contribution < -0.4 is 5.32 Å². The second-order valence-corrected chi connectivity index (χ2v) is 5.16. The monoisotopic (exact) mass is 294 g/mol. The smallest absolute Gasteiger partial charge is 0.278 e. The van der Waals surface area contributed by atoms with Gasteiger partial charge in [-0.2, -0.15) is 15.2 Å². The average Bonchev–Trinajstić information content (AvgIpc) is 3.25. The first kappa shape index (κ1) is 12.8. The molecule has 0 atom stereocenters. The summed E-state index contributed by atoms with van der Waals surface area (Å²) in [7, 11) is 0. The van der Waals surface area contributed by atoms with E-state index in [1.807, 2.05) is 35.0 Å². The summed E-state index contributed by atoms with van der Waals surface area (Å²) in [6.07, 6.45) is 4.21. The first-order valence-electron chi connectivity index (χ1n) is 7.16. The maximum atomic E-state index is 12.4. The number of carbonyl (C=O) groups excluding carboxylic acids is 1. The molecule has 7 heteroatoms. The van der Waals surface area contributed by atoms with E-state index in [1.54, 1.807) is 0 Å². The van der Waals surface area contributed by atoms with E-state index in [0.717, 1.165) is 36.2 Å². The average molecular weight is 294 g/mol. The van der Waals surface area contributed by atoms with Gasteiger partial charge in [0.1, 0.15) is 6.33 Å². The van der Waals surface area contributed by atoms with Gasteiger partial charge in [-0.3, -0.25) is 10.1 Å². The maximum absolute atomic E-state index is 12.4. The van der Waals surface area contributed by atoms with Crippen molar-refractivity contribution in [3.63, 3.8) is 0 Å². The lowest BCUT2D eigenvalue weighted by atomic mass is 10.2. The lowest BCUT2D eigenvalue weighted by molar-refractivity contribution is 0.102. The van der Waals surface area contributed by atoms with Crippen LogP contribution in [0.15, 0.2) is 36.7 Å². The van der Waals surface area contributed by atoms with E-state index in [1.165, 1.54) is 6.33 Å². The van der Waals surface area contributed by atoms with Gasteiger partial charge in [0.15, 0.2) is 5.69 Å². The van der Waals surface area contributed by atoms with Crippen molar-refractivity contribution in [3.05, 3.63) is 53.6 Å². The van der Waals surface area contributed by atoms with Crippen molar-refractivity contribution in [1.82, 2.24) is 25.0 Å². The van der Waals surface area contributed by atoms with E-state index in [9.17, 15) is 4.79 Å². The second kappa shape index (κ2) is 5.10. The predicted octanol–water partition coefficient (Wildman–Crippen LogP) is 1.73. The largest absolute Gasteiger partial charge is 0.289 e. The minimum atomic E-state index is -0.260. The number of nitrogens with one attached hydrogen (secondary N) is 2. The number of para-hydroxylation sites is 1. The van der Waals surface area contributed by atoms with Gasteiger partial charge in [0.25, 0.3) is 5.91 Å². The first-order chi connectivity index (χ1) is 10.8. The van der Waals surface area contributed by atoms with Crippen molar-refractivity contribution in [2.75, 3.05) is 5.32 Å². The summed E-state index contributed by atoms with van der Waals surface area (Å²) < 4.78 is 1.87. The van der Waals surface area contributed by atoms with Crippen LogP contribution in [0.2, 0.25) is 0 Å². The Morgan fingerprint density at radius 1 is 1.23 bits per heavy atom. The number of H-pyrrole nitrogens is 1. The number of fused-ring (bicyclic) bond motifs is 1. The van der Waals surface area contributed by atoms with Crippen molar-refractivity contribution in [3.8, 4) is 5.69 Å². The van der Waals surface area contributed by atoms with Crippen molar-refractivity contribution in [1.29, 1.82) is 0 Å². The topological polar surface area (TPSA) is 88.5 Å². The van der Waals surface area contributed by atoms with Crippen LogP contribution in [0, 0.1) is 0 Å². The van der Waals surface area contributed by atoms with E-state index in [2.05, 4.69) is 25.6 Å². The van der Waals surface area contributed by atoms with Crippen LogP contribution in [0.1, 0.15) is 28.2 Å². The van der Waals surface area contributed by atoms with E-state index >= 15 is 0 Å². The number of hydrogen-bond donors (Lipinski definition) is 2. The minimum absolute atomic E-state index is 0.260. The van der Waals surface area contributed by atoms with E-state index < -0.39 is 0 Å². The fraction of sp³-hybridized carbons (Fsp3) is 0.200. The number of rotatable bonds is 3. The Hall–Kier alpha value is -2.96. The number of carbonyl (C=O) groups is 1. The third kappa shape index (κ3) is 2.07. The zero-order valence-electron chi connectivity index (χ0n) is 11.8. The molecule has 1 aliphatic carbocycles. The number of aromatic amines is 1. The zero-order valence-corrected chi connectivity index (χ0v) is 11.8. The van der Waals surface area contributed by atoms with Gasteiger partial charge in [-0.15, -0.1) is 0 Å². The third-order valence-corrected chi connectivity index (χ3v) is 3.79.